The van der Waals surface area contributed by atoms with Crippen molar-refractivity contribution in [1.29, 1.82) is 0 Å². The number of rotatable bonds is 17. The van der Waals surface area contributed by atoms with Crippen molar-refractivity contribution >= 4 is 18.8 Å². The van der Waals surface area contributed by atoms with E-state index in [4.69, 9.17) is 19.0 Å². The van der Waals surface area contributed by atoms with Gasteiger partial charge in [0.15, 0.2) is 5.54 Å². The van der Waals surface area contributed by atoms with E-state index in [0.29, 0.717) is 38.0 Å². The highest BCUT2D eigenvalue weighted by Crippen LogP contribution is 2.38. The van der Waals surface area contributed by atoms with Gasteiger partial charge in [-0.05, 0) is 46.0 Å². The van der Waals surface area contributed by atoms with E-state index in [9.17, 15) is 9.90 Å². The fourth-order valence-corrected chi connectivity index (χ4v) is 5.33. The first-order valence-electron chi connectivity index (χ1n) is 15.7. The fraction of sp³-hybridized carbons (Fsp3) is 0.444. The summed E-state index contributed by atoms with van der Waals surface area (Å²) < 4.78 is 18.3. The first-order chi connectivity index (χ1) is 21.1. The van der Waals surface area contributed by atoms with Crippen molar-refractivity contribution in [2.24, 2.45) is 4.99 Å². The predicted octanol–water partition coefficient (Wildman–Crippen LogP) is 6.81. The zero-order valence-electron chi connectivity index (χ0n) is 26.6. The van der Waals surface area contributed by atoms with Crippen molar-refractivity contribution < 1.29 is 23.9 Å². The normalized spacial score (nSPS) is 16.8. The molecule has 1 aliphatic heterocycles. The molecule has 44 heavy (non-hydrogen) atoms. The zero-order valence-corrected chi connectivity index (χ0v) is 26.6. The third kappa shape index (κ3) is 9.11. The average Bonchev–Trinajstić information content (AvgIpc) is 3.23. The van der Waals surface area contributed by atoms with Gasteiger partial charge in [-0.1, -0.05) is 104 Å². The summed E-state index contributed by atoms with van der Waals surface area (Å²) in [5, 5.41) is 14.1. The second-order valence-corrected chi connectivity index (χ2v) is 12.5. The number of carboxylic acid groups (broad SMARTS) is 1. The summed E-state index contributed by atoms with van der Waals surface area (Å²) in [5.41, 5.74) is 1.51. The quantitative estimate of drug-likeness (QED) is 0.101. The number of aliphatic imine (C=N–C) groups is 1. The van der Waals surface area contributed by atoms with Crippen LogP contribution in [0.25, 0.3) is 0 Å². The monoisotopic (exact) mass is 598 g/mol. The van der Waals surface area contributed by atoms with Crippen molar-refractivity contribution in [1.82, 2.24) is 5.32 Å². The average molecular weight is 599 g/mol. The number of nitrogens with one attached hydrogen (secondary N) is 1. The van der Waals surface area contributed by atoms with Crippen LogP contribution in [-0.4, -0.2) is 60.4 Å². The summed E-state index contributed by atoms with van der Waals surface area (Å²) in [4.78, 5) is 18.2. The van der Waals surface area contributed by atoms with E-state index in [1.54, 1.807) is 0 Å². The number of nitrogens with zero attached hydrogens (tertiary/aromatic N) is 1. The molecule has 4 rings (SSSR count). The van der Waals surface area contributed by atoms with Crippen LogP contribution in [0.4, 0.5) is 0 Å². The Morgan fingerprint density at radius 1 is 0.818 bits per heavy atom. The molecule has 3 aromatic rings. The van der Waals surface area contributed by atoms with Gasteiger partial charge in [0, 0.05) is 37.2 Å². The van der Waals surface area contributed by atoms with E-state index < -0.39 is 11.5 Å². The summed E-state index contributed by atoms with van der Waals surface area (Å²) >= 11 is 0. The SMILES string of the molecule is CC1(C)OB(CCCCC(CCOCCNCc2ccccc2)(N=C(c2ccccc2)c2ccccc2)C(=O)O)OC1(C)C. The molecule has 3 aromatic carbocycles. The predicted molar refractivity (Wildman–Crippen MR) is 177 cm³/mol. The number of aliphatic carboxylic acids is 1. The van der Waals surface area contributed by atoms with Crippen molar-refractivity contribution in [3.8, 4) is 0 Å². The summed E-state index contributed by atoms with van der Waals surface area (Å²) in [6.07, 6.45) is 2.76. The Balaban J connectivity index is 1.47. The molecule has 8 heteroatoms. The largest absolute Gasteiger partial charge is 0.479 e. The Morgan fingerprint density at radius 2 is 1.36 bits per heavy atom. The Kier molecular flexibility index (Phi) is 11.9. The maximum atomic E-state index is 13.1. The Morgan fingerprint density at radius 3 is 1.91 bits per heavy atom. The number of hydrogen-bond donors (Lipinski definition) is 2. The lowest BCUT2D eigenvalue weighted by atomic mass is 9.80. The lowest BCUT2D eigenvalue weighted by Crippen LogP contribution is -2.41. The highest BCUT2D eigenvalue weighted by atomic mass is 16.7. The van der Waals surface area contributed by atoms with Crippen LogP contribution < -0.4 is 5.32 Å². The summed E-state index contributed by atoms with van der Waals surface area (Å²) in [7, 11) is -0.307. The molecule has 234 valence electrons. The Hall–Kier alpha value is -3.30. The number of ether oxygens (including phenoxy) is 1. The number of unbranched alkanes of at least 4 members (excludes halogenated alkanes) is 1. The number of carboxylic acids is 1. The van der Waals surface area contributed by atoms with Crippen LogP contribution in [0.15, 0.2) is 96.0 Å². The first kappa shape index (κ1) is 33.6. The second kappa shape index (κ2) is 15.6. The number of hydrogen-bond acceptors (Lipinski definition) is 6. The number of benzene rings is 3. The van der Waals surface area contributed by atoms with E-state index in [2.05, 4.69) is 17.4 Å². The van der Waals surface area contributed by atoms with E-state index in [1.165, 1.54) is 5.56 Å². The van der Waals surface area contributed by atoms with Gasteiger partial charge in [0.05, 0.1) is 23.5 Å². The highest BCUT2D eigenvalue weighted by Gasteiger charge is 2.50. The minimum atomic E-state index is -1.35. The van der Waals surface area contributed by atoms with Gasteiger partial charge in [0.2, 0.25) is 0 Å². The molecule has 0 bridgehead atoms. The first-order valence-corrected chi connectivity index (χ1v) is 15.7. The van der Waals surface area contributed by atoms with Gasteiger partial charge in [0.25, 0.3) is 0 Å². The fourth-order valence-electron chi connectivity index (χ4n) is 5.33. The van der Waals surface area contributed by atoms with Crippen LogP contribution >= 0.6 is 0 Å². The van der Waals surface area contributed by atoms with Crippen LogP contribution in [0, 0.1) is 0 Å². The van der Waals surface area contributed by atoms with Crippen LogP contribution in [-0.2, 0) is 25.4 Å². The van der Waals surface area contributed by atoms with Gasteiger partial charge in [0.1, 0.15) is 0 Å². The van der Waals surface area contributed by atoms with Gasteiger partial charge in [-0.15, -0.1) is 0 Å². The summed E-state index contributed by atoms with van der Waals surface area (Å²) in [6.45, 7) is 10.4. The third-order valence-electron chi connectivity index (χ3n) is 8.66. The molecule has 0 aliphatic carbocycles. The highest BCUT2D eigenvalue weighted by molar-refractivity contribution is 6.45. The summed E-state index contributed by atoms with van der Waals surface area (Å²) in [5.74, 6) is -0.941. The smallest absolute Gasteiger partial charge is 0.457 e. The van der Waals surface area contributed by atoms with Crippen LogP contribution in [0.2, 0.25) is 6.32 Å². The lowest BCUT2D eigenvalue weighted by molar-refractivity contribution is -0.144. The van der Waals surface area contributed by atoms with Gasteiger partial charge in [-0.2, -0.15) is 0 Å². The van der Waals surface area contributed by atoms with Crippen LogP contribution in [0.1, 0.15) is 70.1 Å². The van der Waals surface area contributed by atoms with Crippen LogP contribution in [0.5, 0.6) is 0 Å². The van der Waals surface area contributed by atoms with E-state index in [1.807, 2.05) is 107 Å². The molecule has 1 heterocycles. The molecule has 1 fully saturated rings. The van der Waals surface area contributed by atoms with Crippen molar-refractivity contribution in [2.75, 3.05) is 19.8 Å². The third-order valence-corrected chi connectivity index (χ3v) is 8.66. The Labute approximate surface area is 263 Å². The zero-order chi connectivity index (χ0) is 31.5. The molecule has 0 saturated carbocycles. The van der Waals surface area contributed by atoms with Crippen molar-refractivity contribution in [3.05, 3.63) is 108 Å². The molecule has 2 N–H and O–H groups in total. The molecule has 1 saturated heterocycles. The van der Waals surface area contributed by atoms with Gasteiger partial charge in [-0.25, -0.2) is 4.79 Å². The minimum Gasteiger partial charge on any atom is -0.479 e. The number of carbonyl (C=O) groups is 1. The molecule has 0 aromatic heterocycles. The Bertz CT molecular complexity index is 1280. The molecule has 1 aliphatic rings. The second-order valence-electron chi connectivity index (χ2n) is 12.5. The molecule has 0 spiro atoms. The van der Waals surface area contributed by atoms with E-state index >= 15 is 0 Å². The van der Waals surface area contributed by atoms with Gasteiger partial charge >= 0.3 is 13.1 Å². The standard InChI is InChI=1S/C36H47BN2O5/c1-34(2)35(3,4)44-37(43-34)24-15-14-22-36(33(40)41,23-26-42-27-25-38-28-29-16-8-5-9-17-29)39-32(30-18-10-6-11-19-30)31-20-12-7-13-21-31/h5-13,16-21,38H,14-15,22-28H2,1-4H3,(H,40,41). The maximum Gasteiger partial charge on any atom is 0.457 e. The molecular formula is C36H47BN2O5. The minimum absolute atomic E-state index is 0.265. The molecule has 1 unspecified atom stereocenters. The topological polar surface area (TPSA) is 89.4 Å². The molecule has 1 atom stereocenters. The molecule has 0 radical (unpaired) electrons. The molecular weight excluding hydrogens is 551 g/mol. The summed E-state index contributed by atoms with van der Waals surface area (Å²) in [6, 6.07) is 29.8. The molecule has 7 nitrogen and oxygen atoms in total. The van der Waals surface area contributed by atoms with Gasteiger partial charge in [-0.3, -0.25) is 4.99 Å². The maximum absolute atomic E-state index is 13.1. The van der Waals surface area contributed by atoms with Crippen LogP contribution in [0.3, 0.4) is 0 Å². The van der Waals surface area contributed by atoms with Gasteiger partial charge < -0.3 is 24.5 Å². The van der Waals surface area contributed by atoms with E-state index in [0.717, 1.165) is 24.1 Å². The van der Waals surface area contributed by atoms with Crippen molar-refractivity contribution in [3.63, 3.8) is 0 Å². The molecule has 0 amide bonds. The van der Waals surface area contributed by atoms with E-state index in [-0.39, 0.29) is 31.3 Å². The lowest BCUT2D eigenvalue weighted by Gasteiger charge is -2.32. The van der Waals surface area contributed by atoms with Crippen molar-refractivity contribution in [2.45, 2.75) is 83.0 Å².